The molecule has 0 fully saturated rings. The van der Waals surface area contributed by atoms with Crippen molar-refractivity contribution >= 4 is 5.97 Å². The van der Waals surface area contributed by atoms with E-state index >= 15 is 0 Å². The maximum absolute atomic E-state index is 12.1. The summed E-state index contributed by atoms with van der Waals surface area (Å²) in [6, 6.07) is 23.7. The molecule has 0 bridgehead atoms. The highest BCUT2D eigenvalue weighted by Gasteiger charge is 2.17. The minimum absolute atomic E-state index is 0.0726. The molecule has 3 rings (SSSR count). The van der Waals surface area contributed by atoms with Gasteiger partial charge < -0.3 is 15.2 Å². The van der Waals surface area contributed by atoms with Crippen LogP contribution in [0.25, 0.3) is 0 Å². The Kier molecular flexibility index (Phi) is 8.61. The Morgan fingerprint density at radius 1 is 1.00 bits per heavy atom. The number of carbonyl (C=O) groups is 1. The third-order valence-electron chi connectivity index (χ3n) is 5.16. The standard InChI is InChI=1S/C26H30N2O3/c1-2-30-26(29)19-22(21-8-4-3-5-9-21)18-20-11-13-23(14-12-20)31-17-15-24(27)25-10-6-7-16-28-25/h3-14,16,22,24H,2,15,17-19,27H2,1H3/t22?,24-/m1/s1. The molecule has 31 heavy (non-hydrogen) atoms. The van der Waals surface area contributed by atoms with E-state index in [1.165, 1.54) is 0 Å². The van der Waals surface area contributed by atoms with Crippen LogP contribution in [0.5, 0.6) is 5.75 Å². The molecule has 0 aliphatic carbocycles. The quantitative estimate of drug-likeness (QED) is 0.452. The largest absolute Gasteiger partial charge is 0.494 e. The van der Waals surface area contributed by atoms with Gasteiger partial charge in [-0.15, -0.1) is 0 Å². The van der Waals surface area contributed by atoms with E-state index in [9.17, 15) is 4.79 Å². The number of aromatic nitrogens is 1. The molecule has 0 aliphatic heterocycles. The number of nitrogens with two attached hydrogens (primary N) is 1. The van der Waals surface area contributed by atoms with Crippen LogP contribution in [0.2, 0.25) is 0 Å². The number of pyridine rings is 1. The Hall–Kier alpha value is -3.18. The van der Waals surface area contributed by atoms with Crippen LogP contribution in [0.3, 0.4) is 0 Å². The van der Waals surface area contributed by atoms with Crippen molar-refractivity contribution in [3.8, 4) is 5.75 Å². The van der Waals surface area contributed by atoms with Crippen LogP contribution in [0.15, 0.2) is 79.0 Å². The lowest BCUT2D eigenvalue weighted by Gasteiger charge is -2.17. The second-order valence-electron chi connectivity index (χ2n) is 7.46. The Labute approximate surface area is 184 Å². The van der Waals surface area contributed by atoms with Gasteiger partial charge in [0.15, 0.2) is 0 Å². The van der Waals surface area contributed by atoms with E-state index in [0.29, 0.717) is 26.1 Å². The van der Waals surface area contributed by atoms with Gasteiger partial charge in [-0.05, 0) is 54.7 Å². The summed E-state index contributed by atoms with van der Waals surface area (Å²) in [4.78, 5) is 16.4. The molecule has 0 spiro atoms. The molecular formula is C26H30N2O3. The SMILES string of the molecule is CCOC(=O)CC(Cc1ccc(OCC[C@@H](N)c2ccccn2)cc1)c1ccccc1. The van der Waals surface area contributed by atoms with Crippen molar-refractivity contribution in [2.24, 2.45) is 5.73 Å². The van der Waals surface area contributed by atoms with Gasteiger partial charge in [0.05, 0.1) is 31.4 Å². The van der Waals surface area contributed by atoms with Crippen molar-refractivity contribution < 1.29 is 14.3 Å². The maximum Gasteiger partial charge on any atom is 0.306 e. The third kappa shape index (κ3) is 7.23. The fourth-order valence-electron chi connectivity index (χ4n) is 3.51. The average molecular weight is 419 g/mol. The number of benzene rings is 2. The fraction of sp³-hybridized carbons (Fsp3) is 0.308. The van der Waals surface area contributed by atoms with Crippen LogP contribution in [0, 0.1) is 0 Å². The lowest BCUT2D eigenvalue weighted by molar-refractivity contribution is -0.143. The zero-order chi connectivity index (χ0) is 21.9. The zero-order valence-corrected chi connectivity index (χ0v) is 17.9. The summed E-state index contributed by atoms with van der Waals surface area (Å²) in [5, 5.41) is 0. The van der Waals surface area contributed by atoms with Gasteiger partial charge >= 0.3 is 5.97 Å². The molecule has 1 aromatic heterocycles. The van der Waals surface area contributed by atoms with Crippen LogP contribution < -0.4 is 10.5 Å². The molecule has 0 saturated heterocycles. The van der Waals surface area contributed by atoms with Gasteiger partial charge in [0.25, 0.3) is 0 Å². The number of rotatable bonds is 11. The van der Waals surface area contributed by atoms with Crippen molar-refractivity contribution in [2.45, 2.75) is 38.1 Å². The lowest BCUT2D eigenvalue weighted by Crippen LogP contribution is -2.15. The number of hydrogen-bond acceptors (Lipinski definition) is 5. The number of hydrogen-bond donors (Lipinski definition) is 1. The van der Waals surface area contributed by atoms with Gasteiger partial charge in [-0.3, -0.25) is 9.78 Å². The molecule has 1 unspecified atom stereocenters. The summed E-state index contributed by atoms with van der Waals surface area (Å²) < 4.78 is 11.0. The van der Waals surface area contributed by atoms with Gasteiger partial charge in [-0.25, -0.2) is 0 Å². The van der Waals surface area contributed by atoms with Crippen molar-refractivity contribution in [1.82, 2.24) is 4.98 Å². The third-order valence-corrected chi connectivity index (χ3v) is 5.16. The lowest BCUT2D eigenvalue weighted by atomic mass is 9.89. The summed E-state index contributed by atoms with van der Waals surface area (Å²) in [7, 11) is 0. The highest BCUT2D eigenvalue weighted by atomic mass is 16.5. The fourth-order valence-corrected chi connectivity index (χ4v) is 3.51. The predicted molar refractivity (Wildman–Crippen MR) is 122 cm³/mol. The predicted octanol–water partition coefficient (Wildman–Crippen LogP) is 4.83. The van der Waals surface area contributed by atoms with Crippen molar-refractivity contribution in [3.05, 3.63) is 95.8 Å². The van der Waals surface area contributed by atoms with E-state index in [1.807, 2.05) is 55.5 Å². The van der Waals surface area contributed by atoms with Crippen LogP contribution in [0.4, 0.5) is 0 Å². The number of ether oxygens (including phenoxy) is 2. The molecule has 1 heterocycles. The topological polar surface area (TPSA) is 74.4 Å². The normalized spacial score (nSPS) is 12.7. The summed E-state index contributed by atoms with van der Waals surface area (Å²) in [6.45, 7) is 2.75. The van der Waals surface area contributed by atoms with Crippen molar-refractivity contribution in [3.63, 3.8) is 0 Å². The summed E-state index contributed by atoms with van der Waals surface area (Å²) in [5.41, 5.74) is 9.33. The summed E-state index contributed by atoms with van der Waals surface area (Å²) >= 11 is 0. The Balaban J connectivity index is 1.55. The van der Waals surface area contributed by atoms with E-state index in [-0.39, 0.29) is 17.9 Å². The number of carbonyl (C=O) groups excluding carboxylic acids is 1. The smallest absolute Gasteiger partial charge is 0.306 e. The summed E-state index contributed by atoms with van der Waals surface area (Å²) in [5.74, 6) is 0.711. The Bertz CT molecular complexity index is 914. The first-order valence-corrected chi connectivity index (χ1v) is 10.7. The molecule has 2 N–H and O–H groups in total. The second kappa shape index (κ2) is 11.9. The van der Waals surface area contributed by atoms with Gasteiger partial charge in [-0.2, -0.15) is 0 Å². The number of nitrogens with zero attached hydrogens (tertiary/aromatic N) is 1. The van der Waals surface area contributed by atoms with Gasteiger partial charge in [0, 0.05) is 12.6 Å². The highest BCUT2D eigenvalue weighted by Crippen LogP contribution is 2.26. The van der Waals surface area contributed by atoms with Crippen molar-refractivity contribution in [1.29, 1.82) is 0 Å². The van der Waals surface area contributed by atoms with Gasteiger partial charge in [0.2, 0.25) is 0 Å². The molecule has 0 amide bonds. The number of esters is 1. The van der Waals surface area contributed by atoms with Gasteiger partial charge in [-0.1, -0.05) is 48.5 Å². The van der Waals surface area contributed by atoms with E-state index < -0.39 is 0 Å². The molecule has 2 aromatic carbocycles. The average Bonchev–Trinajstić information content (AvgIpc) is 2.81. The van der Waals surface area contributed by atoms with Crippen LogP contribution in [0.1, 0.15) is 48.5 Å². The van der Waals surface area contributed by atoms with E-state index in [4.69, 9.17) is 15.2 Å². The molecule has 5 nitrogen and oxygen atoms in total. The van der Waals surface area contributed by atoms with E-state index in [1.54, 1.807) is 6.20 Å². The van der Waals surface area contributed by atoms with Crippen LogP contribution in [-0.4, -0.2) is 24.2 Å². The Morgan fingerprint density at radius 3 is 2.42 bits per heavy atom. The highest BCUT2D eigenvalue weighted by molar-refractivity contribution is 5.70. The molecule has 5 heteroatoms. The van der Waals surface area contributed by atoms with E-state index in [0.717, 1.165) is 29.0 Å². The first-order valence-electron chi connectivity index (χ1n) is 10.7. The summed E-state index contributed by atoms with van der Waals surface area (Å²) in [6.07, 6.45) is 3.56. The molecule has 0 aliphatic rings. The first kappa shape index (κ1) is 22.5. The van der Waals surface area contributed by atoms with Gasteiger partial charge in [0.1, 0.15) is 5.75 Å². The molecule has 3 aromatic rings. The second-order valence-corrected chi connectivity index (χ2v) is 7.46. The zero-order valence-electron chi connectivity index (χ0n) is 17.9. The first-order chi connectivity index (χ1) is 15.2. The monoisotopic (exact) mass is 418 g/mol. The minimum atomic E-state index is -0.166. The molecule has 0 radical (unpaired) electrons. The molecule has 0 saturated carbocycles. The minimum Gasteiger partial charge on any atom is -0.494 e. The van der Waals surface area contributed by atoms with E-state index in [2.05, 4.69) is 29.2 Å². The maximum atomic E-state index is 12.1. The van der Waals surface area contributed by atoms with Crippen molar-refractivity contribution in [2.75, 3.05) is 13.2 Å². The molecule has 162 valence electrons. The van der Waals surface area contributed by atoms with Crippen LogP contribution >= 0.6 is 0 Å². The molecule has 2 atom stereocenters. The molecular weight excluding hydrogens is 388 g/mol. The van der Waals surface area contributed by atoms with Crippen LogP contribution in [-0.2, 0) is 16.0 Å². The Morgan fingerprint density at radius 2 is 1.74 bits per heavy atom.